The number of pyridine rings is 1. The summed E-state index contributed by atoms with van der Waals surface area (Å²) in [4.78, 5) is 16.3. The number of aromatic nitrogens is 1. The predicted molar refractivity (Wildman–Crippen MR) is 108 cm³/mol. The van der Waals surface area contributed by atoms with Crippen molar-refractivity contribution in [2.75, 3.05) is 11.1 Å². The summed E-state index contributed by atoms with van der Waals surface area (Å²) >= 11 is 0. The largest absolute Gasteiger partial charge is 0.444 e. The molecule has 0 saturated carbocycles. The van der Waals surface area contributed by atoms with Crippen LogP contribution in [0.25, 0.3) is 22.0 Å². The van der Waals surface area contributed by atoms with E-state index < -0.39 is 24.1 Å². The Morgan fingerprint density at radius 1 is 1.13 bits per heavy atom. The van der Waals surface area contributed by atoms with E-state index in [4.69, 9.17) is 15.2 Å². The average molecular weight is 419 g/mol. The zero-order chi connectivity index (χ0) is 22.1. The summed E-state index contributed by atoms with van der Waals surface area (Å²) in [5, 5.41) is 2.66. The molecule has 0 aliphatic carbocycles. The fraction of sp³-hybridized carbons (Fsp3) is 0.238. The van der Waals surface area contributed by atoms with E-state index in [1.54, 1.807) is 26.8 Å². The van der Waals surface area contributed by atoms with E-state index in [0.29, 0.717) is 11.1 Å². The Morgan fingerprint density at radius 2 is 1.80 bits per heavy atom. The number of nitrogen functional groups attached to an aromatic ring is 1. The van der Waals surface area contributed by atoms with Gasteiger partial charge in [-0.3, -0.25) is 5.32 Å². The highest BCUT2D eigenvalue weighted by atomic mass is 19.3. The van der Waals surface area contributed by atoms with E-state index >= 15 is 0 Å². The number of nitrogens with zero attached hydrogens (tertiary/aromatic N) is 1. The Kier molecular flexibility index (Phi) is 5.73. The Hall–Kier alpha value is -3.49. The first-order valence-electron chi connectivity index (χ1n) is 8.97. The summed E-state index contributed by atoms with van der Waals surface area (Å²) in [6.45, 7) is 1.96. The van der Waals surface area contributed by atoms with Gasteiger partial charge in [0, 0.05) is 10.9 Å². The third-order valence-electron chi connectivity index (χ3n) is 3.98. The molecule has 0 spiro atoms. The van der Waals surface area contributed by atoms with Crippen LogP contribution in [0.4, 0.5) is 29.5 Å². The number of alkyl halides is 2. The molecule has 0 aliphatic heterocycles. The number of rotatable bonds is 4. The maximum atomic E-state index is 13.3. The van der Waals surface area contributed by atoms with Crippen LogP contribution in [0.3, 0.4) is 0 Å². The molecule has 0 radical (unpaired) electrons. The number of fused-ring (bicyclic) bond motifs is 1. The number of hydrogen-bond donors (Lipinski definition) is 2. The molecule has 0 bridgehead atoms. The first-order chi connectivity index (χ1) is 14.0. The number of carbonyl (C=O) groups excluding carboxylic acids is 1. The minimum absolute atomic E-state index is 0.0223. The summed E-state index contributed by atoms with van der Waals surface area (Å²) in [5.74, 6) is -0.658. The highest BCUT2D eigenvalue weighted by Gasteiger charge is 2.20. The third-order valence-corrected chi connectivity index (χ3v) is 3.98. The van der Waals surface area contributed by atoms with Gasteiger partial charge >= 0.3 is 12.7 Å². The van der Waals surface area contributed by atoms with Crippen molar-refractivity contribution in [3.05, 3.63) is 48.3 Å². The number of anilines is 2. The maximum Gasteiger partial charge on any atom is 0.412 e. The van der Waals surface area contributed by atoms with Gasteiger partial charge in [0.25, 0.3) is 0 Å². The van der Waals surface area contributed by atoms with Gasteiger partial charge in [-0.25, -0.2) is 14.2 Å². The number of carbonyl (C=O) groups is 1. The highest BCUT2D eigenvalue weighted by Crippen LogP contribution is 2.39. The van der Waals surface area contributed by atoms with Crippen LogP contribution < -0.4 is 15.8 Å². The molecule has 0 atom stereocenters. The fourth-order valence-corrected chi connectivity index (χ4v) is 2.82. The molecule has 0 saturated heterocycles. The first-order valence-corrected chi connectivity index (χ1v) is 8.97. The van der Waals surface area contributed by atoms with Gasteiger partial charge in [-0.1, -0.05) is 12.1 Å². The molecule has 6 nitrogen and oxygen atoms in total. The number of hydrogen-bond acceptors (Lipinski definition) is 5. The molecular formula is C21H20F3N3O3. The van der Waals surface area contributed by atoms with E-state index in [2.05, 4.69) is 10.3 Å². The van der Waals surface area contributed by atoms with E-state index in [1.807, 2.05) is 0 Å². The number of amides is 1. The van der Waals surface area contributed by atoms with Crippen molar-refractivity contribution in [3.8, 4) is 16.9 Å². The lowest BCUT2D eigenvalue weighted by molar-refractivity contribution is -0.0484. The molecule has 30 heavy (non-hydrogen) atoms. The summed E-state index contributed by atoms with van der Waals surface area (Å²) in [6.07, 6.45) is -0.777. The maximum absolute atomic E-state index is 13.3. The lowest BCUT2D eigenvalue weighted by Gasteiger charge is -2.20. The molecule has 3 aromatic rings. The summed E-state index contributed by atoms with van der Waals surface area (Å²) < 4.78 is 49.6. The van der Waals surface area contributed by atoms with Crippen LogP contribution in [-0.2, 0) is 4.74 Å². The van der Waals surface area contributed by atoms with Gasteiger partial charge in [-0.2, -0.15) is 8.78 Å². The number of nitrogens with two attached hydrogens (primary N) is 1. The Labute approximate surface area is 170 Å². The molecule has 0 aliphatic rings. The minimum Gasteiger partial charge on any atom is -0.444 e. The lowest BCUT2D eigenvalue weighted by atomic mass is 10.0. The summed E-state index contributed by atoms with van der Waals surface area (Å²) in [6, 6.07) is 9.79. The molecule has 1 heterocycles. The number of benzene rings is 2. The second-order valence-electron chi connectivity index (χ2n) is 7.44. The zero-order valence-corrected chi connectivity index (χ0v) is 16.5. The molecule has 2 aromatic carbocycles. The van der Waals surface area contributed by atoms with Crippen molar-refractivity contribution in [2.45, 2.75) is 33.0 Å². The third kappa shape index (κ3) is 4.91. The van der Waals surface area contributed by atoms with E-state index in [9.17, 15) is 18.0 Å². The van der Waals surface area contributed by atoms with Gasteiger partial charge < -0.3 is 15.2 Å². The van der Waals surface area contributed by atoms with Gasteiger partial charge in [0.05, 0.1) is 11.2 Å². The first kappa shape index (κ1) is 21.2. The number of ether oxygens (including phenoxy) is 2. The smallest absolute Gasteiger partial charge is 0.412 e. The van der Waals surface area contributed by atoms with Gasteiger partial charge in [-0.05, 0) is 56.7 Å². The van der Waals surface area contributed by atoms with Crippen molar-refractivity contribution < 1.29 is 27.4 Å². The van der Waals surface area contributed by atoms with Crippen LogP contribution in [0.15, 0.2) is 42.5 Å². The summed E-state index contributed by atoms with van der Waals surface area (Å²) in [7, 11) is 0. The lowest BCUT2D eigenvalue weighted by Crippen LogP contribution is -2.27. The normalized spacial score (nSPS) is 11.6. The zero-order valence-electron chi connectivity index (χ0n) is 16.5. The average Bonchev–Trinajstić information content (AvgIpc) is 2.62. The number of nitrogens with one attached hydrogen (secondary N) is 1. The quantitative estimate of drug-likeness (QED) is 0.577. The van der Waals surface area contributed by atoms with Crippen molar-refractivity contribution in [3.63, 3.8) is 0 Å². The molecule has 1 amide bonds. The van der Waals surface area contributed by atoms with Crippen molar-refractivity contribution in [1.82, 2.24) is 4.98 Å². The molecule has 0 unspecified atom stereocenters. The standard InChI is InChI=1S/C21H20F3N3O3/c1-21(2,3)30-20(28)27-16-10-14-15(26-18(16)25)9-8-13(17(14)29-19(23)24)11-4-6-12(22)7-5-11/h4-10,19H,1-3H3,(H2,25,26)(H,27,28). The second-order valence-corrected chi connectivity index (χ2v) is 7.44. The van der Waals surface area contributed by atoms with Crippen molar-refractivity contribution >= 4 is 28.5 Å². The van der Waals surface area contributed by atoms with E-state index in [1.165, 1.54) is 36.4 Å². The Bertz CT molecular complexity index is 1080. The SMILES string of the molecule is CC(C)(C)OC(=O)Nc1cc2c(OC(F)F)c(-c3ccc(F)cc3)ccc2nc1N. The van der Waals surface area contributed by atoms with Crippen LogP contribution in [0, 0.1) is 5.82 Å². The topological polar surface area (TPSA) is 86.5 Å². The molecular weight excluding hydrogens is 399 g/mol. The fourth-order valence-electron chi connectivity index (χ4n) is 2.82. The highest BCUT2D eigenvalue weighted by molar-refractivity contribution is 5.99. The predicted octanol–water partition coefficient (Wildman–Crippen LogP) is 5.57. The van der Waals surface area contributed by atoms with Crippen LogP contribution >= 0.6 is 0 Å². The van der Waals surface area contributed by atoms with Crippen LogP contribution in [0.5, 0.6) is 5.75 Å². The second kappa shape index (κ2) is 8.10. The van der Waals surface area contributed by atoms with Crippen LogP contribution in [-0.4, -0.2) is 23.3 Å². The summed E-state index contributed by atoms with van der Waals surface area (Å²) in [5.41, 5.74) is 6.28. The molecule has 3 rings (SSSR count). The van der Waals surface area contributed by atoms with E-state index in [0.717, 1.165) is 0 Å². The Morgan fingerprint density at radius 3 is 2.40 bits per heavy atom. The minimum atomic E-state index is -3.12. The van der Waals surface area contributed by atoms with Gasteiger partial charge in [0.1, 0.15) is 23.0 Å². The number of halogens is 3. The van der Waals surface area contributed by atoms with Gasteiger partial charge in [0.15, 0.2) is 0 Å². The molecule has 9 heteroatoms. The Balaban J connectivity index is 2.12. The molecule has 0 fully saturated rings. The molecule has 3 N–H and O–H groups in total. The monoisotopic (exact) mass is 419 g/mol. The van der Waals surface area contributed by atoms with Gasteiger partial charge in [-0.15, -0.1) is 0 Å². The van der Waals surface area contributed by atoms with Crippen molar-refractivity contribution in [2.24, 2.45) is 0 Å². The molecule has 158 valence electrons. The van der Waals surface area contributed by atoms with E-state index in [-0.39, 0.29) is 28.2 Å². The van der Waals surface area contributed by atoms with Gasteiger partial charge in [0.2, 0.25) is 0 Å². The van der Waals surface area contributed by atoms with Crippen LogP contribution in [0.1, 0.15) is 20.8 Å². The molecule has 1 aromatic heterocycles. The van der Waals surface area contributed by atoms with Crippen LogP contribution in [0.2, 0.25) is 0 Å². The van der Waals surface area contributed by atoms with Crippen molar-refractivity contribution in [1.29, 1.82) is 0 Å².